The molecule has 1 aliphatic heterocycles. The number of rotatable bonds is 2. The molecule has 0 saturated heterocycles. The summed E-state index contributed by atoms with van der Waals surface area (Å²) in [6.45, 7) is 0. The first-order chi connectivity index (χ1) is 14.4. The summed E-state index contributed by atoms with van der Waals surface area (Å²) >= 11 is 0. The molecule has 29 heavy (non-hydrogen) atoms. The second-order valence-corrected chi connectivity index (χ2v) is 7.02. The van der Waals surface area contributed by atoms with Crippen LogP contribution in [0.2, 0.25) is 0 Å². The molecule has 0 fully saturated rings. The zero-order chi connectivity index (χ0) is 19.2. The number of aromatic nitrogens is 3. The van der Waals surface area contributed by atoms with Gasteiger partial charge in [-0.3, -0.25) is 4.90 Å². The summed E-state index contributed by atoms with van der Waals surface area (Å²) in [5.74, 6) is 1.71. The number of anilines is 3. The molecule has 3 heterocycles. The van der Waals surface area contributed by atoms with E-state index >= 15 is 0 Å². The van der Waals surface area contributed by atoms with Crippen LogP contribution in [0.4, 0.5) is 17.3 Å². The predicted molar refractivity (Wildman–Crippen MR) is 116 cm³/mol. The van der Waals surface area contributed by atoms with Crippen LogP contribution in [0.1, 0.15) is 0 Å². The van der Waals surface area contributed by atoms with E-state index in [4.69, 9.17) is 0 Å². The fourth-order valence-corrected chi connectivity index (χ4v) is 4.08. The molecule has 0 atom stereocenters. The largest absolute Gasteiger partial charge is 0.278 e. The molecular weight excluding hydrogens is 356 g/mol. The van der Waals surface area contributed by atoms with Crippen molar-refractivity contribution in [3.8, 4) is 22.3 Å². The van der Waals surface area contributed by atoms with Gasteiger partial charge in [0.2, 0.25) is 0 Å². The van der Waals surface area contributed by atoms with E-state index in [2.05, 4.69) is 80.5 Å². The van der Waals surface area contributed by atoms with Gasteiger partial charge in [-0.25, -0.2) is 15.0 Å². The Morgan fingerprint density at radius 2 is 1.45 bits per heavy atom. The molecule has 0 radical (unpaired) electrons. The van der Waals surface area contributed by atoms with Crippen LogP contribution in [0.5, 0.6) is 0 Å². The van der Waals surface area contributed by atoms with Crippen LogP contribution in [0.3, 0.4) is 0 Å². The van der Waals surface area contributed by atoms with Crippen LogP contribution in [-0.2, 0) is 0 Å². The maximum absolute atomic E-state index is 4.67. The fourth-order valence-electron chi connectivity index (χ4n) is 4.08. The molecule has 0 spiro atoms. The number of benzene rings is 3. The second kappa shape index (κ2) is 6.24. The maximum Gasteiger partial charge on any atom is 0.150 e. The fraction of sp³-hybridized carbons (Fsp3) is 0. The Kier molecular flexibility index (Phi) is 3.43. The SMILES string of the molecule is c1ccc(-c2cc3c4c(ncnc4c2)N(c2ccccn2)c2ccccc2-3)cc1. The van der Waals surface area contributed by atoms with Crippen molar-refractivity contribution in [1.29, 1.82) is 0 Å². The Bertz CT molecular complexity index is 1350. The van der Waals surface area contributed by atoms with Crippen LogP contribution in [0.25, 0.3) is 33.2 Å². The van der Waals surface area contributed by atoms with Gasteiger partial charge in [-0.2, -0.15) is 0 Å². The van der Waals surface area contributed by atoms with E-state index in [1.54, 1.807) is 6.33 Å². The summed E-state index contributed by atoms with van der Waals surface area (Å²) < 4.78 is 0. The summed E-state index contributed by atoms with van der Waals surface area (Å²) in [7, 11) is 0. The third-order valence-electron chi connectivity index (χ3n) is 5.35. The Labute approximate surface area is 168 Å². The van der Waals surface area contributed by atoms with Gasteiger partial charge in [0.15, 0.2) is 5.82 Å². The smallest absolute Gasteiger partial charge is 0.150 e. The zero-order valence-corrected chi connectivity index (χ0v) is 15.5. The number of hydrogen-bond donors (Lipinski definition) is 0. The molecule has 0 bridgehead atoms. The summed E-state index contributed by atoms with van der Waals surface area (Å²) in [4.78, 5) is 16.0. The molecule has 4 nitrogen and oxygen atoms in total. The topological polar surface area (TPSA) is 41.9 Å². The van der Waals surface area contributed by atoms with Crippen LogP contribution in [0, 0.1) is 0 Å². The minimum Gasteiger partial charge on any atom is -0.278 e. The molecule has 0 saturated carbocycles. The Balaban J connectivity index is 1.71. The van der Waals surface area contributed by atoms with Gasteiger partial charge in [0.05, 0.1) is 16.6 Å². The van der Waals surface area contributed by atoms with E-state index < -0.39 is 0 Å². The molecule has 5 aromatic rings. The zero-order valence-electron chi connectivity index (χ0n) is 15.5. The highest BCUT2D eigenvalue weighted by Gasteiger charge is 2.28. The first-order valence-corrected chi connectivity index (χ1v) is 9.55. The summed E-state index contributed by atoms with van der Waals surface area (Å²) in [6.07, 6.45) is 3.45. The van der Waals surface area contributed by atoms with E-state index in [0.29, 0.717) is 0 Å². The van der Waals surface area contributed by atoms with Crippen molar-refractivity contribution >= 4 is 28.2 Å². The summed E-state index contributed by atoms with van der Waals surface area (Å²) in [5.41, 5.74) is 6.64. The number of fused-ring (bicyclic) bond motifs is 2. The van der Waals surface area contributed by atoms with E-state index in [-0.39, 0.29) is 0 Å². The molecular formula is C25H16N4. The molecule has 136 valence electrons. The molecule has 0 unspecified atom stereocenters. The van der Waals surface area contributed by atoms with Crippen molar-refractivity contribution in [2.45, 2.75) is 0 Å². The van der Waals surface area contributed by atoms with Crippen molar-refractivity contribution < 1.29 is 0 Å². The van der Waals surface area contributed by atoms with Gasteiger partial charge in [-0.1, -0.05) is 54.6 Å². The standard InChI is InChI=1S/C25H16N4/c1-2-8-17(9-3-1)18-14-20-19-10-4-5-11-22(19)29(23-12-6-7-13-26-23)25-24(20)21(15-18)27-16-28-25/h1-16H. The monoisotopic (exact) mass is 372 g/mol. The molecule has 0 N–H and O–H groups in total. The molecule has 1 aliphatic rings. The highest BCUT2D eigenvalue weighted by molar-refractivity contribution is 6.12. The lowest BCUT2D eigenvalue weighted by Crippen LogP contribution is -2.17. The van der Waals surface area contributed by atoms with Gasteiger partial charge in [0.1, 0.15) is 12.1 Å². The minimum absolute atomic E-state index is 0.845. The Morgan fingerprint density at radius 3 is 2.31 bits per heavy atom. The quantitative estimate of drug-likeness (QED) is 0.366. The van der Waals surface area contributed by atoms with Gasteiger partial charge >= 0.3 is 0 Å². The minimum atomic E-state index is 0.845. The van der Waals surface area contributed by atoms with Crippen molar-refractivity contribution in [2.75, 3.05) is 4.90 Å². The molecule has 2 aromatic heterocycles. The first-order valence-electron chi connectivity index (χ1n) is 9.55. The average Bonchev–Trinajstić information content (AvgIpc) is 2.80. The number of hydrogen-bond acceptors (Lipinski definition) is 4. The maximum atomic E-state index is 4.67. The van der Waals surface area contributed by atoms with E-state index in [1.807, 2.05) is 30.5 Å². The predicted octanol–water partition coefficient (Wildman–Crippen LogP) is 6.14. The summed E-state index contributed by atoms with van der Waals surface area (Å²) in [6, 6.07) is 29.2. The van der Waals surface area contributed by atoms with Crippen LogP contribution < -0.4 is 4.90 Å². The molecule has 0 amide bonds. The average molecular weight is 372 g/mol. The molecule has 6 rings (SSSR count). The van der Waals surface area contributed by atoms with Crippen LogP contribution >= 0.6 is 0 Å². The van der Waals surface area contributed by atoms with Crippen molar-refractivity contribution in [1.82, 2.24) is 15.0 Å². The lowest BCUT2D eigenvalue weighted by atomic mass is 9.91. The van der Waals surface area contributed by atoms with E-state index in [0.717, 1.165) is 44.9 Å². The number of pyridine rings is 1. The normalized spacial score (nSPS) is 12.1. The van der Waals surface area contributed by atoms with E-state index in [9.17, 15) is 0 Å². The second-order valence-electron chi connectivity index (χ2n) is 7.02. The van der Waals surface area contributed by atoms with Gasteiger partial charge < -0.3 is 0 Å². The van der Waals surface area contributed by atoms with Gasteiger partial charge in [-0.15, -0.1) is 0 Å². The number of nitrogens with zero attached hydrogens (tertiary/aromatic N) is 4. The third kappa shape index (κ3) is 2.43. The summed E-state index contributed by atoms with van der Waals surface area (Å²) in [5, 5.41) is 1.05. The highest BCUT2D eigenvalue weighted by Crippen LogP contribution is 2.49. The Hall–Kier alpha value is -4.05. The van der Waals surface area contributed by atoms with E-state index in [1.165, 1.54) is 5.56 Å². The lowest BCUT2D eigenvalue weighted by molar-refractivity contribution is 1.11. The molecule has 0 aliphatic carbocycles. The lowest BCUT2D eigenvalue weighted by Gasteiger charge is -2.31. The number of para-hydroxylation sites is 1. The highest BCUT2D eigenvalue weighted by atomic mass is 15.3. The van der Waals surface area contributed by atoms with Crippen LogP contribution in [0.15, 0.2) is 97.5 Å². The van der Waals surface area contributed by atoms with Gasteiger partial charge in [-0.05, 0) is 47.0 Å². The molecule has 3 aromatic carbocycles. The first kappa shape index (κ1) is 16.0. The molecule has 4 heteroatoms. The van der Waals surface area contributed by atoms with Crippen molar-refractivity contribution in [3.05, 3.63) is 97.5 Å². The third-order valence-corrected chi connectivity index (χ3v) is 5.35. The van der Waals surface area contributed by atoms with Gasteiger partial charge in [0, 0.05) is 11.8 Å². The Morgan fingerprint density at radius 1 is 0.621 bits per heavy atom. The van der Waals surface area contributed by atoms with Gasteiger partial charge in [0.25, 0.3) is 0 Å². The van der Waals surface area contributed by atoms with Crippen LogP contribution in [-0.4, -0.2) is 15.0 Å². The van der Waals surface area contributed by atoms with Crippen molar-refractivity contribution in [2.24, 2.45) is 0 Å². The van der Waals surface area contributed by atoms with Crippen molar-refractivity contribution in [3.63, 3.8) is 0 Å².